The van der Waals surface area contributed by atoms with E-state index in [4.69, 9.17) is 5.11 Å². The van der Waals surface area contributed by atoms with Crippen molar-refractivity contribution in [1.29, 1.82) is 0 Å². The second kappa shape index (κ2) is 7.35. The van der Waals surface area contributed by atoms with Gasteiger partial charge < -0.3 is 15.7 Å². The second-order valence-corrected chi connectivity index (χ2v) is 4.59. The highest BCUT2D eigenvalue weighted by atomic mass is 16.3. The highest BCUT2D eigenvalue weighted by Gasteiger charge is 2.09. The monoisotopic (exact) mass is 286 g/mol. The Kier molecular flexibility index (Phi) is 5.22. The highest BCUT2D eigenvalue weighted by Crippen LogP contribution is 2.20. The van der Waals surface area contributed by atoms with Crippen molar-refractivity contribution in [3.05, 3.63) is 48.5 Å². The summed E-state index contributed by atoms with van der Waals surface area (Å²) in [7, 11) is 0. The third-order valence-corrected chi connectivity index (χ3v) is 3.05. The number of aromatic nitrogens is 2. The molecule has 1 aromatic carbocycles. The number of aliphatic hydroxyl groups excluding tert-OH is 1. The molecule has 2 rings (SSSR count). The molecule has 2 aromatic rings. The van der Waals surface area contributed by atoms with Gasteiger partial charge in [0, 0.05) is 24.5 Å². The van der Waals surface area contributed by atoms with Crippen LogP contribution in [0.1, 0.15) is 18.5 Å². The molecule has 1 heterocycles. The molecule has 2 amide bonds. The zero-order valence-electron chi connectivity index (χ0n) is 11.8. The van der Waals surface area contributed by atoms with Crippen LogP contribution in [0.4, 0.5) is 4.79 Å². The van der Waals surface area contributed by atoms with Gasteiger partial charge in [-0.3, -0.25) is 0 Å². The van der Waals surface area contributed by atoms with Crippen molar-refractivity contribution in [2.75, 3.05) is 13.2 Å². The summed E-state index contributed by atoms with van der Waals surface area (Å²) in [6.45, 7) is 2.07. The molecule has 0 aliphatic carbocycles. The summed E-state index contributed by atoms with van der Waals surface area (Å²) in [5.41, 5.74) is 2.97. The Morgan fingerprint density at radius 3 is 2.48 bits per heavy atom. The summed E-state index contributed by atoms with van der Waals surface area (Å²) < 4.78 is 0. The summed E-state index contributed by atoms with van der Waals surface area (Å²) in [5, 5.41) is 14.0. The third kappa shape index (κ3) is 4.25. The molecule has 0 bridgehead atoms. The molecule has 0 unspecified atom stereocenters. The summed E-state index contributed by atoms with van der Waals surface area (Å²) in [5.74, 6) is 0. The lowest BCUT2D eigenvalue weighted by atomic mass is 10.0. The minimum absolute atomic E-state index is 0.0738. The first-order valence-electron chi connectivity index (χ1n) is 6.71. The van der Waals surface area contributed by atoms with E-state index in [0.717, 1.165) is 16.7 Å². The van der Waals surface area contributed by atoms with Crippen molar-refractivity contribution in [2.45, 2.75) is 13.0 Å². The molecule has 0 spiro atoms. The first kappa shape index (κ1) is 14.9. The number of hydrogen-bond donors (Lipinski definition) is 3. The van der Waals surface area contributed by atoms with E-state index >= 15 is 0 Å². The second-order valence-electron chi connectivity index (χ2n) is 4.59. The van der Waals surface area contributed by atoms with E-state index in [2.05, 4.69) is 20.6 Å². The van der Waals surface area contributed by atoms with Gasteiger partial charge >= 0.3 is 6.03 Å². The van der Waals surface area contributed by atoms with E-state index in [1.807, 2.05) is 31.2 Å². The zero-order chi connectivity index (χ0) is 15.1. The minimum Gasteiger partial charge on any atom is -0.395 e. The van der Waals surface area contributed by atoms with Gasteiger partial charge in [-0.15, -0.1) is 0 Å². The SMILES string of the molecule is C[C@@H](NC(=O)NCCO)c1ccc(-c2cncnc2)cc1. The Labute approximate surface area is 123 Å². The van der Waals surface area contributed by atoms with Crippen molar-refractivity contribution in [1.82, 2.24) is 20.6 Å². The Bertz CT molecular complexity index is 572. The van der Waals surface area contributed by atoms with Gasteiger partial charge in [-0.1, -0.05) is 24.3 Å². The highest BCUT2D eigenvalue weighted by molar-refractivity contribution is 5.74. The van der Waals surface area contributed by atoms with Crippen LogP contribution in [0.15, 0.2) is 43.0 Å². The number of benzene rings is 1. The molecule has 0 aliphatic rings. The topological polar surface area (TPSA) is 87.1 Å². The molecule has 0 saturated heterocycles. The Hall–Kier alpha value is -2.47. The maximum Gasteiger partial charge on any atom is 0.315 e. The average Bonchev–Trinajstić information content (AvgIpc) is 2.54. The van der Waals surface area contributed by atoms with Gasteiger partial charge in [-0.2, -0.15) is 0 Å². The van der Waals surface area contributed by atoms with Gasteiger partial charge in [0.25, 0.3) is 0 Å². The molecule has 0 fully saturated rings. The van der Waals surface area contributed by atoms with Crippen LogP contribution in [0.25, 0.3) is 11.1 Å². The number of nitrogens with one attached hydrogen (secondary N) is 2. The predicted octanol–water partition coefficient (Wildman–Crippen LogP) is 1.50. The molecule has 3 N–H and O–H groups in total. The van der Waals surface area contributed by atoms with E-state index in [9.17, 15) is 4.79 Å². The van der Waals surface area contributed by atoms with Crippen molar-refractivity contribution >= 4 is 6.03 Å². The number of aliphatic hydroxyl groups is 1. The molecule has 21 heavy (non-hydrogen) atoms. The molecular weight excluding hydrogens is 268 g/mol. The van der Waals surface area contributed by atoms with Crippen LogP contribution in [0.2, 0.25) is 0 Å². The first-order chi connectivity index (χ1) is 10.2. The third-order valence-electron chi connectivity index (χ3n) is 3.05. The predicted molar refractivity (Wildman–Crippen MR) is 79.5 cm³/mol. The molecule has 110 valence electrons. The number of rotatable bonds is 5. The van der Waals surface area contributed by atoms with Crippen LogP contribution in [0.3, 0.4) is 0 Å². The molecule has 0 aliphatic heterocycles. The van der Waals surface area contributed by atoms with Crippen molar-refractivity contribution in [3.8, 4) is 11.1 Å². The fraction of sp³-hybridized carbons (Fsp3) is 0.267. The van der Waals surface area contributed by atoms with E-state index < -0.39 is 0 Å². The summed E-state index contributed by atoms with van der Waals surface area (Å²) in [6, 6.07) is 7.44. The van der Waals surface area contributed by atoms with Crippen molar-refractivity contribution in [3.63, 3.8) is 0 Å². The lowest BCUT2D eigenvalue weighted by molar-refractivity contribution is 0.231. The van der Waals surface area contributed by atoms with Crippen LogP contribution in [-0.2, 0) is 0 Å². The van der Waals surface area contributed by atoms with E-state index in [0.29, 0.717) is 0 Å². The lowest BCUT2D eigenvalue weighted by Crippen LogP contribution is -2.38. The number of carbonyl (C=O) groups excluding carboxylic acids is 1. The van der Waals surface area contributed by atoms with Gasteiger partial charge in [-0.25, -0.2) is 14.8 Å². The Morgan fingerprint density at radius 1 is 1.19 bits per heavy atom. The Morgan fingerprint density at radius 2 is 1.86 bits per heavy atom. The maximum absolute atomic E-state index is 11.5. The molecule has 6 heteroatoms. The first-order valence-corrected chi connectivity index (χ1v) is 6.71. The quantitative estimate of drug-likeness (QED) is 0.777. The van der Waals surface area contributed by atoms with Crippen LogP contribution >= 0.6 is 0 Å². The average molecular weight is 286 g/mol. The molecule has 0 saturated carbocycles. The molecular formula is C15H18N4O2. The molecule has 6 nitrogen and oxygen atoms in total. The normalized spacial score (nSPS) is 11.7. The fourth-order valence-corrected chi connectivity index (χ4v) is 1.91. The van der Waals surface area contributed by atoms with E-state index in [1.165, 1.54) is 6.33 Å². The van der Waals surface area contributed by atoms with Gasteiger partial charge in [0.15, 0.2) is 0 Å². The van der Waals surface area contributed by atoms with Gasteiger partial charge in [-0.05, 0) is 18.1 Å². The molecule has 1 aromatic heterocycles. The Balaban J connectivity index is 2.00. The number of hydrogen-bond acceptors (Lipinski definition) is 4. The number of carbonyl (C=O) groups is 1. The van der Waals surface area contributed by atoms with Crippen molar-refractivity contribution < 1.29 is 9.90 Å². The van der Waals surface area contributed by atoms with Crippen molar-refractivity contribution in [2.24, 2.45) is 0 Å². The van der Waals surface area contributed by atoms with Gasteiger partial charge in [0.05, 0.1) is 12.6 Å². The van der Waals surface area contributed by atoms with E-state index in [-0.39, 0.29) is 25.2 Å². The summed E-state index contributed by atoms with van der Waals surface area (Å²) in [4.78, 5) is 19.5. The summed E-state index contributed by atoms with van der Waals surface area (Å²) in [6.07, 6.45) is 5.01. The van der Waals surface area contributed by atoms with Crippen LogP contribution < -0.4 is 10.6 Å². The largest absolute Gasteiger partial charge is 0.395 e. The number of urea groups is 1. The van der Waals surface area contributed by atoms with Crippen LogP contribution in [-0.4, -0.2) is 34.3 Å². The lowest BCUT2D eigenvalue weighted by Gasteiger charge is -2.15. The number of amides is 2. The maximum atomic E-state index is 11.5. The summed E-state index contributed by atoms with van der Waals surface area (Å²) >= 11 is 0. The molecule has 1 atom stereocenters. The van der Waals surface area contributed by atoms with Gasteiger partial charge in [0.2, 0.25) is 0 Å². The fourth-order valence-electron chi connectivity index (χ4n) is 1.91. The smallest absolute Gasteiger partial charge is 0.315 e. The zero-order valence-corrected chi connectivity index (χ0v) is 11.8. The van der Waals surface area contributed by atoms with Crippen LogP contribution in [0, 0.1) is 0 Å². The standard InChI is InChI=1S/C15H18N4O2/c1-11(19-15(21)18-6-7-20)12-2-4-13(5-3-12)14-8-16-10-17-9-14/h2-5,8-11,20H,6-7H2,1H3,(H2,18,19,21)/t11-/m1/s1. The molecule has 0 radical (unpaired) electrons. The van der Waals surface area contributed by atoms with Crippen LogP contribution in [0.5, 0.6) is 0 Å². The van der Waals surface area contributed by atoms with Gasteiger partial charge in [0.1, 0.15) is 6.33 Å². The number of nitrogens with zero attached hydrogens (tertiary/aromatic N) is 2. The minimum atomic E-state index is -0.294. The van der Waals surface area contributed by atoms with E-state index in [1.54, 1.807) is 12.4 Å².